The monoisotopic (exact) mass is 276 g/mol. The van der Waals surface area contributed by atoms with Crippen molar-refractivity contribution in [1.29, 1.82) is 0 Å². The van der Waals surface area contributed by atoms with Crippen molar-refractivity contribution in [3.63, 3.8) is 0 Å². The van der Waals surface area contributed by atoms with Crippen LogP contribution in [0.15, 0.2) is 24.3 Å². The molecular weight excluding hydrogens is 248 g/mol. The van der Waals surface area contributed by atoms with Gasteiger partial charge in [0.05, 0.1) is 12.7 Å². The molecule has 0 spiro atoms. The lowest BCUT2D eigenvalue weighted by molar-refractivity contribution is -0.0364. The quantitative estimate of drug-likeness (QED) is 0.898. The Labute approximate surface area is 123 Å². The maximum Gasteiger partial charge on any atom is 0.0824 e. The SMILES string of the molecule is CC(C)Cc1ccc(C(C)N2CCOC(CN)C2)cc1. The summed E-state index contributed by atoms with van der Waals surface area (Å²) in [6, 6.07) is 9.52. The van der Waals surface area contributed by atoms with Crippen molar-refractivity contribution in [2.24, 2.45) is 11.7 Å². The van der Waals surface area contributed by atoms with Crippen LogP contribution in [0.3, 0.4) is 0 Å². The molecule has 0 aromatic heterocycles. The van der Waals surface area contributed by atoms with Crippen molar-refractivity contribution in [1.82, 2.24) is 4.90 Å². The van der Waals surface area contributed by atoms with Crippen LogP contribution in [0.5, 0.6) is 0 Å². The summed E-state index contributed by atoms with van der Waals surface area (Å²) in [4.78, 5) is 2.47. The highest BCUT2D eigenvalue weighted by Gasteiger charge is 2.23. The second kappa shape index (κ2) is 7.21. The summed E-state index contributed by atoms with van der Waals surface area (Å²) in [5, 5.41) is 0. The van der Waals surface area contributed by atoms with E-state index in [4.69, 9.17) is 10.5 Å². The maximum absolute atomic E-state index is 5.72. The van der Waals surface area contributed by atoms with E-state index in [1.54, 1.807) is 0 Å². The summed E-state index contributed by atoms with van der Waals surface area (Å²) in [5.74, 6) is 0.711. The molecular formula is C17H28N2O. The zero-order valence-corrected chi connectivity index (χ0v) is 13.0. The van der Waals surface area contributed by atoms with E-state index >= 15 is 0 Å². The first kappa shape index (κ1) is 15.5. The average Bonchev–Trinajstić information content (AvgIpc) is 2.47. The van der Waals surface area contributed by atoms with Crippen LogP contribution in [0, 0.1) is 5.92 Å². The lowest BCUT2D eigenvalue weighted by Crippen LogP contribution is -2.46. The normalized spacial score (nSPS) is 22.1. The first-order valence-electron chi connectivity index (χ1n) is 7.74. The van der Waals surface area contributed by atoms with Gasteiger partial charge in [0, 0.05) is 25.7 Å². The smallest absolute Gasteiger partial charge is 0.0824 e. The molecule has 1 saturated heterocycles. The van der Waals surface area contributed by atoms with Crippen molar-refractivity contribution in [2.45, 2.75) is 39.3 Å². The minimum absolute atomic E-state index is 0.186. The van der Waals surface area contributed by atoms with E-state index in [1.807, 2.05) is 0 Å². The van der Waals surface area contributed by atoms with Crippen LogP contribution < -0.4 is 5.73 Å². The largest absolute Gasteiger partial charge is 0.374 e. The van der Waals surface area contributed by atoms with Gasteiger partial charge in [-0.3, -0.25) is 4.90 Å². The molecule has 0 amide bonds. The number of nitrogens with zero attached hydrogens (tertiary/aromatic N) is 1. The molecule has 0 bridgehead atoms. The first-order valence-corrected chi connectivity index (χ1v) is 7.74. The molecule has 3 nitrogen and oxygen atoms in total. The lowest BCUT2D eigenvalue weighted by atomic mass is 9.99. The topological polar surface area (TPSA) is 38.5 Å². The molecule has 2 rings (SSSR count). The van der Waals surface area contributed by atoms with Crippen molar-refractivity contribution < 1.29 is 4.74 Å². The molecule has 0 radical (unpaired) electrons. The average molecular weight is 276 g/mol. The van der Waals surface area contributed by atoms with Gasteiger partial charge >= 0.3 is 0 Å². The fourth-order valence-corrected chi connectivity index (χ4v) is 2.85. The molecule has 1 aromatic rings. The second-order valence-electron chi connectivity index (χ2n) is 6.24. The van der Waals surface area contributed by atoms with Crippen LogP contribution in [-0.4, -0.2) is 37.2 Å². The summed E-state index contributed by atoms with van der Waals surface area (Å²) in [6.07, 6.45) is 1.34. The van der Waals surface area contributed by atoms with Gasteiger partial charge in [-0.15, -0.1) is 0 Å². The number of morpholine rings is 1. The Morgan fingerprint density at radius 3 is 2.55 bits per heavy atom. The highest BCUT2D eigenvalue weighted by molar-refractivity contribution is 5.25. The Morgan fingerprint density at radius 2 is 1.95 bits per heavy atom. The molecule has 0 aliphatic carbocycles. The minimum Gasteiger partial charge on any atom is -0.374 e. The third kappa shape index (κ3) is 4.05. The third-order valence-electron chi connectivity index (χ3n) is 4.09. The number of hydrogen-bond acceptors (Lipinski definition) is 3. The number of hydrogen-bond donors (Lipinski definition) is 1. The predicted molar refractivity (Wildman–Crippen MR) is 83.8 cm³/mol. The van der Waals surface area contributed by atoms with Crippen LogP contribution in [0.2, 0.25) is 0 Å². The third-order valence-corrected chi connectivity index (χ3v) is 4.09. The zero-order valence-electron chi connectivity index (χ0n) is 13.0. The van der Waals surface area contributed by atoms with Crippen LogP contribution in [0.25, 0.3) is 0 Å². The van der Waals surface area contributed by atoms with Gasteiger partial charge in [0.15, 0.2) is 0 Å². The fraction of sp³-hybridized carbons (Fsp3) is 0.647. The molecule has 20 heavy (non-hydrogen) atoms. The van der Waals surface area contributed by atoms with E-state index in [9.17, 15) is 0 Å². The van der Waals surface area contributed by atoms with Crippen LogP contribution >= 0.6 is 0 Å². The van der Waals surface area contributed by atoms with E-state index in [0.717, 1.165) is 26.1 Å². The molecule has 112 valence electrons. The van der Waals surface area contributed by atoms with Gasteiger partial charge in [-0.1, -0.05) is 38.1 Å². The Kier molecular flexibility index (Phi) is 5.58. The van der Waals surface area contributed by atoms with Gasteiger partial charge in [0.25, 0.3) is 0 Å². The van der Waals surface area contributed by atoms with Crippen LogP contribution in [-0.2, 0) is 11.2 Å². The summed E-state index contributed by atoms with van der Waals surface area (Å²) >= 11 is 0. The highest BCUT2D eigenvalue weighted by Crippen LogP contribution is 2.23. The standard InChI is InChI=1S/C17H28N2O/c1-13(2)10-15-4-6-16(7-5-15)14(3)19-8-9-20-17(11-18)12-19/h4-7,13-14,17H,8-12,18H2,1-3H3. The van der Waals surface area contributed by atoms with Gasteiger partial charge < -0.3 is 10.5 Å². The van der Waals surface area contributed by atoms with E-state index in [0.29, 0.717) is 18.5 Å². The van der Waals surface area contributed by atoms with E-state index < -0.39 is 0 Å². The molecule has 2 unspecified atom stereocenters. The lowest BCUT2D eigenvalue weighted by Gasteiger charge is -2.36. The molecule has 1 aliphatic rings. The predicted octanol–water partition coefficient (Wildman–Crippen LogP) is 2.61. The van der Waals surface area contributed by atoms with Gasteiger partial charge in [-0.2, -0.15) is 0 Å². The van der Waals surface area contributed by atoms with Gasteiger partial charge in [-0.05, 0) is 30.4 Å². The molecule has 1 aliphatic heterocycles. The van der Waals surface area contributed by atoms with Crippen LogP contribution in [0.4, 0.5) is 0 Å². The Hall–Kier alpha value is -0.900. The van der Waals surface area contributed by atoms with Crippen molar-refractivity contribution in [3.05, 3.63) is 35.4 Å². The number of nitrogens with two attached hydrogens (primary N) is 1. The van der Waals surface area contributed by atoms with Crippen molar-refractivity contribution in [2.75, 3.05) is 26.2 Å². The number of ether oxygens (including phenoxy) is 1. The summed E-state index contributed by atoms with van der Waals surface area (Å²) in [6.45, 7) is 10.1. The summed E-state index contributed by atoms with van der Waals surface area (Å²) in [5.41, 5.74) is 8.53. The second-order valence-corrected chi connectivity index (χ2v) is 6.24. The Balaban J connectivity index is 1.99. The highest BCUT2D eigenvalue weighted by atomic mass is 16.5. The van der Waals surface area contributed by atoms with Crippen molar-refractivity contribution in [3.8, 4) is 0 Å². The molecule has 1 heterocycles. The van der Waals surface area contributed by atoms with E-state index in [-0.39, 0.29) is 6.10 Å². The zero-order chi connectivity index (χ0) is 14.5. The van der Waals surface area contributed by atoms with Crippen LogP contribution in [0.1, 0.15) is 37.9 Å². The Bertz CT molecular complexity index is 402. The Morgan fingerprint density at radius 1 is 1.25 bits per heavy atom. The number of benzene rings is 1. The maximum atomic E-state index is 5.72. The fourth-order valence-electron chi connectivity index (χ4n) is 2.85. The molecule has 1 fully saturated rings. The minimum atomic E-state index is 0.186. The summed E-state index contributed by atoms with van der Waals surface area (Å²) < 4.78 is 5.64. The molecule has 1 aromatic carbocycles. The van der Waals surface area contributed by atoms with E-state index in [2.05, 4.69) is 49.9 Å². The molecule has 2 atom stereocenters. The molecule has 0 saturated carbocycles. The number of rotatable bonds is 5. The van der Waals surface area contributed by atoms with E-state index in [1.165, 1.54) is 11.1 Å². The summed E-state index contributed by atoms with van der Waals surface area (Å²) in [7, 11) is 0. The van der Waals surface area contributed by atoms with Gasteiger partial charge in [-0.25, -0.2) is 0 Å². The van der Waals surface area contributed by atoms with Gasteiger partial charge in [0.2, 0.25) is 0 Å². The van der Waals surface area contributed by atoms with Crippen molar-refractivity contribution >= 4 is 0 Å². The molecule has 2 N–H and O–H groups in total. The molecule has 3 heteroatoms. The first-order chi connectivity index (χ1) is 9.60. The van der Waals surface area contributed by atoms with Gasteiger partial charge in [0.1, 0.15) is 0 Å².